The lowest BCUT2D eigenvalue weighted by molar-refractivity contribution is 0.146. The second-order valence-corrected chi connectivity index (χ2v) is 5.06. The van der Waals surface area contributed by atoms with Crippen LogP contribution in [0.2, 0.25) is 0 Å². The number of aliphatic hydroxyl groups excluding tert-OH is 1. The average Bonchev–Trinajstić information content (AvgIpc) is 2.96. The number of nitrogens with two attached hydrogens (primary N) is 1. The number of aryl methyl sites for hydroxylation is 1. The second-order valence-electron chi connectivity index (χ2n) is 5.06. The van der Waals surface area contributed by atoms with E-state index in [0.29, 0.717) is 11.5 Å². The van der Waals surface area contributed by atoms with Crippen LogP contribution < -0.4 is 5.73 Å². The van der Waals surface area contributed by atoms with E-state index in [1.165, 1.54) is 0 Å². The third kappa shape index (κ3) is 2.51. The minimum absolute atomic E-state index is 0.201. The molecule has 0 aliphatic carbocycles. The first kappa shape index (κ1) is 13.7. The van der Waals surface area contributed by atoms with Crippen molar-refractivity contribution in [1.29, 1.82) is 0 Å². The fourth-order valence-electron chi connectivity index (χ4n) is 2.14. The standard InChI is InChI=1S/C15H16N4O2/c1-8-7-12(17-11-6-4-3-5-10(8)11)14-18-15(21-19-14)13(16)9(2)20/h3-7,9,13,20H,16H2,1-2H3/t9-,13+/m1/s1. The van der Waals surface area contributed by atoms with Gasteiger partial charge in [0.1, 0.15) is 11.7 Å². The van der Waals surface area contributed by atoms with E-state index in [1.807, 2.05) is 37.3 Å². The molecule has 0 saturated carbocycles. The predicted molar refractivity (Wildman–Crippen MR) is 78.4 cm³/mol. The summed E-state index contributed by atoms with van der Waals surface area (Å²) in [5, 5.41) is 14.5. The molecule has 3 rings (SSSR count). The Balaban J connectivity index is 2.05. The maximum Gasteiger partial charge on any atom is 0.246 e. The molecule has 3 N–H and O–H groups in total. The van der Waals surface area contributed by atoms with Crippen molar-refractivity contribution in [3.8, 4) is 11.5 Å². The van der Waals surface area contributed by atoms with Crippen molar-refractivity contribution in [3.63, 3.8) is 0 Å². The van der Waals surface area contributed by atoms with Crippen LogP contribution in [0.3, 0.4) is 0 Å². The van der Waals surface area contributed by atoms with E-state index in [0.717, 1.165) is 16.5 Å². The van der Waals surface area contributed by atoms with Crippen molar-refractivity contribution in [2.24, 2.45) is 5.73 Å². The van der Waals surface area contributed by atoms with Crippen LogP contribution in [0.1, 0.15) is 24.4 Å². The van der Waals surface area contributed by atoms with Crippen molar-refractivity contribution in [3.05, 3.63) is 41.8 Å². The summed E-state index contributed by atoms with van der Waals surface area (Å²) in [6, 6.07) is 9.08. The van der Waals surface area contributed by atoms with E-state index < -0.39 is 12.1 Å². The molecule has 1 aromatic carbocycles. The number of aromatic nitrogens is 3. The SMILES string of the molecule is Cc1cc(-c2noc([C@@H](N)[C@@H](C)O)n2)nc2ccccc12. The first-order valence-corrected chi connectivity index (χ1v) is 6.70. The van der Waals surface area contributed by atoms with Crippen LogP contribution >= 0.6 is 0 Å². The van der Waals surface area contributed by atoms with Gasteiger partial charge in [-0.05, 0) is 31.5 Å². The number of hydrogen-bond acceptors (Lipinski definition) is 6. The molecule has 108 valence electrons. The molecule has 2 atom stereocenters. The summed E-state index contributed by atoms with van der Waals surface area (Å²) in [5.74, 6) is 0.572. The summed E-state index contributed by atoms with van der Waals surface area (Å²) in [6.07, 6.45) is -0.760. The molecule has 6 nitrogen and oxygen atoms in total. The van der Waals surface area contributed by atoms with Gasteiger partial charge in [-0.25, -0.2) is 4.98 Å². The highest BCUT2D eigenvalue weighted by Crippen LogP contribution is 2.23. The number of fused-ring (bicyclic) bond motifs is 1. The lowest BCUT2D eigenvalue weighted by Crippen LogP contribution is -2.23. The van der Waals surface area contributed by atoms with Gasteiger partial charge in [0, 0.05) is 5.39 Å². The summed E-state index contributed by atoms with van der Waals surface area (Å²) in [6.45, 7) is 3.59. The highest BCUT2D eigenvalue weighted by atomic mass is 16.5. The molecule has 21 heavy (non-hydrogen) atoms. The van der Waals surface area contributed by atoms with Crippen molar-refractivity contribution < 1.29 is 9.63 Å². The molecular formula is C15H16N4O2. The van der Waals surface area contributed by atoms with E-state index >= 15 is 0 Å². The minimum Gasteiger partial charge on any atom is -0.391 e. The average molecular weight is 284 g/mol. The van der Waals surface area contributed by atoms with E-state index in [4.69, 9.17) is 10.3 Å². The number of rotatable bonds is 3. The summed E-state index contributed by atoms with van der Waals surface area (Å²) in [5.41, 5.74) is 8.37. The fourth-order valence-corrected chi connectivity index (χ4v) is 2.14. The van der Waals surface area contributed by atoms with Gasteiger partial charge in [-0.1, -0.05) is 23.4 Å². The molecule has 0 saturated heterocycles. The molecule has 0 aliphatic rings. The topological polar surface area (TPSA) is 98.1 Å². The minimum atomic E-state index is -0.760. The molecule has 6 heteroatoms. The van der Waals surface area contributed by atoms with Gasteiger partial charge in [0.2, 0.25) is 11.7 Å². The number of benzene rings is 1. The van der Waals surface area contributed by atoms with E-state index in [-0.39, 0.29) is 5.89 Å². The zero-order chi connectivity index (χ0) is 15.0. The van der Waals surface area contributed by atoms with Gasteiger partial charge in [-0.3, -0.25) is 0 Å². The number of aliphatic hydroxyl groups is 1. The molecule has 0 radical (unpaired) electrons. The molecular weight excluding hydrogens is 268 g/mol. The van der Waals surface area contributed by atoms with Gasteiger partial charge < -0.3 is 15.4 Å². The summed E-state index contributed by atoms with van der Waals surface area (Å²) in [7, 11) is 0. The zero-order valence-electron chi connectivity index (χ0n) is 11.8. The van der Waals surface area contributed by atoms with E-state index in [9.17, 15) is 5.11 Å². The van der Waals surface area contributed by atoms with Crippen molar-refractivity contribution in [2.75, 3.05) is 0 Å². The van der Waals surface area contributed by atoms with Gasteiger partial charge in [0.15, 0.2) is 0 Å². The molecule has 0 fully saturated rings. The Bertz CT molecular complexity index is 782. The maximum atomic E-state index is 9.47. The number of para-hydroxylation sites is 1. The van der Waals surface area contributed by atoms with Crippen LogP contribution in [0.4, 0.5) is 0 Å². The molecule has 0 unspecified atom stereocenters. The van der Waals surface area contributed by atoms with Crippen LogP contribution in [-0.2, 0) is 0 Å². The number of nitrogens with zero attached hydrogens (tertiary/aromatic N) is 3. The normalized spacial score (nSPS) is 14.3. The molecule has 0 bridgehead atoms. The quantitative estimate of drug-likeness (QED) is 0.763. The Morgan fingerprint density at radius 2 is 2.00 bits per heavy atom. The Morgan fingerprint density at radius 1 is 1.24 bits per heavy atom. The second kappa shape index (κ2) is 5.23. The number of hydrogen-bond donors (Lipinski definition) is 2. The lowest BCUT2D eigenvalue weighted by atomic mass is 10.1. The van der Waals surface area contributed by atoms with Gasteiger partial charge in [0.05, 0.1) is 11.6 Å². The highest BCUT2D eigenvalue weighted by Gasteiger charge is 2.20. The van der Waals surface area contributed by atoms with E-state index in [1.54, 1.807) is 6.92 Å². The van der Waals surface area contributed by atoms with Crippen LogP contribution in [0.5, 0.6) is 0 Å². The maximum absolute atomic E-state index is 9.47. The van der Waals surface area contributed by atoms with Crippen LogP contribution in [0.15, 0.2) is 34.9 Å². The summed E-state index contributed by atoms with van der Waals surface area (Å²) >= 11 is 0. The molecule has 0 aliphatic heterocycles. The predicted octanol–water partition coefficient (Wildman–Crippen LogP) is 1.97. The Hall–Kier alpha value is -2.31. The lowest BCUT2D eigenvalue weighted by Gasteiger charge is -2.08. The Labute approximate surface area is 121 Å². The van der Waals surface area contributed by atoms with Crippen LogP contribution in [0, 0.1) is 6.92 Å². The molecule has 0 amide bonds. The van der Waals surface area contributed by atoms with Gasteiger partial charge in [-0.15, -0.1) is 0 Å². The first-order valence-electron chi connectivity index (χ1n) is 6.70. The Kier molecular flexibility index (Phi) is 3.40. The van der Waals surface area contributed by atoms with Gasteiger partial charge in [0.25, 0.3) is 0 Å². The fraction of sp³-hybridized carbons (Fsp3) is 0.267. The van der Waals surface area contributed by atoms with Crippen LogP contribution in [0.25, 0.3) is 22.4 Å². The number of pyridine rings is 1. The third-order valence-corrected chi connectivity index (χ3v) is 3.40. The monoisotopic (exact) mass is 284 g/mol. The summed E-state index contributed by atoms with van der Waals surface area (Å²) < 4.78 is 5.11. The highest BCUT2D eigenvalue weighted by molar-refractivity contribution is 5.84. The van der Waals surface area contributed by atoms with Gasteiger partial charge >= 0.3 is 0 Å². The molecule has 2 aromatic heterocycles. The molecule has 3 aromatic rings. The zero-order valence-corrected chi connectivity index (χ0v) is 11.8. The van der Waals surface area contributed by atoms with Gasteiger partial charge in [-0.2, -0.15) is 4.98 Å². The summed E-state index contributed by atoms with van der Waals surface area (Å²) in [4.78, 5) is 8.76. The van der Waals surface area contributed by atoms with E-state index in [2.05, 4.69) is 15.1 Å². The molecule has 0 spiro atoms. The molecule has 2 heterocycles. The van der Waals surface area contributed by atoms with Crippen molar-refractivity contribution in [1.82, 2.24) is 15.1 Å². The largest absolute Gasteiger partial charge is 0.391 e. The smallest absolute Gasteiger partial charge is 0.246 e. The van der Waals surface area contributed by atoms with Crippen LogP contribution in [-0.4, -0.2) is 26.3 Å². The van der Waals surface area contributed by atoms with Crippen molar-refractivity contribution in [2.45, 2.75) is 26.0 Å². The third-order valence-electron chi connectivity index (χ3n) is 3.40. The Morgan fingerprint density at radius 3 is 2.76 bits per heavy atom. The first-order chi connectivity index (χ1) is 10.1. The van der Waals surface area contributed by atoms with Crippen molar-refractivity contribution >= 4 is 10.9 Å².